The Hall–Kier alpha value is -3.72. The van der Waals surface area contributed by atoms with E-state index in [-0.39, 0.29) is 11.6 Å². The average molecular weight is 343 g/mol. The topological polar surface area (TPSA) is 90.7 Å². The fraction of sp³-hybridized carbons (Fsp3) is 0.100. The summed E-state index contributed by atoms with van der Waals surface area (Å²) < 4.78 is 0. The Morgan fingerprint density at radius 2 is 1.73 bits per heavy atom. The lowest BCUT2D eigenvalue weighted by Gasteiger charge is -2.09. The van der Waals surface area contributed by atoms with Crippen molar-refractivity contribution in [3.05, 3.63) is 77.1 Å². The van der Waals surface area contributed by atoms with Crippen molar-refractivity contribution in [2.24, 2.45) is 0 Å². The number of aromatic nitrogens is 2. The van der Waals surface area contributed by atoms with Gasteiger partial charge in [0.05, 0.1) is 11.6 Å². The highest BCUT2D eigenvalue weighted by Gasteiger charge is 2.10. The fourth-order valence-corrected chi connectivity index (χ4v) is 2.32. The van der Waals surface area contributed by atoms with Crippen molar-refractivity contribution in [2.45, 2.75) is 13.8 Å². The minimum Gasteiger partial charge on any atom is -0.324 e. The van der Waals surface area contributed by atoms with Gasteiger partial charge in [0.1, 0.15) is 5.69 Å². The molecule has 0 aliphatic carbocycles. The molecule has 0 unspecified atom stereocenters. The first-order valence-electron chi connectivity index (χ1n) is 8.04. The molecule has 0 fully saturated rings. The van der Waals surface area contributed by atoms with Crippen molar-refractivity contribution < 1.29 is 4.79 Å². The van der Waals surface area contributed by atoms with Gasteiger partial charge in [0.2, 0.25) is 5.95 Å². The Labute approximate surface area is 151 Å². The van der Waals surface area contributed by atoms with E-state index in [4.69, 9.17) is 5.26 Å². The lowest BCUT2D eigenvalue weighted by Crippen LogP contribution is -2.15. The molecule has 0 radical (unpaired) electrons. The van der Waals surface area contributed by atoms with E-state index >= 15 is 0 Å². The maximum absolute atomic E-state index is 12.4. The van der Waals surface area contributed by atoms with Gasteiger partial charge in [-0.05, 0) is 67.4 Å². The predicted molar refractivity (Wildman–Crippen MR) is 100 cm³/mol. The SMILES string of the molecule is Cc1ccc(NC(=O)c2ccnc(Nc3ccc(C#N)cc3)n2)cc1C. The fourth-order valence-electron chi connectivity index (χ4n) is 2.32. The van der Waals surface area contributed by atoms with Crippen LogP contribution in [0.4, 0.5) is 17.3 Å². The molecule has 26 heavy (non-hydrogen) atoms. The molecule has 2 N–H and O–H groups in total. The Kier molecular flexibility index (Phi) is 4.90. The maximum Gasteiger partial charge on any atom is 0.274 e. The summed E-state index contributed by atoms with van der Waals surface area (Å²) in [6.07, 6.45) is 1.52. The van der Waals surface area contributed by atoms with E-state index in [9.17, 15) is 4.79 Å². The van der Waals surface area contributed by atoms with Crippen LogP contribution in [0.5, 0.6) is 0 Å². The van der Waals surface area contributed by atoms with Crippen LogP contribution in [0.25, 0.3) is 0 Å². The van der Waals surface area contributed by atoms with Crippen LogP contribution < -0.4 is 10.6 Å². The lowest BCUT2D eigenvalue weighted by molar-refractivity contribution is 0.102. The number of anilines is 3. The van der Waals surface area contributed by atoms with Crippen LogP contribution in [0.15, 0.2) is 54.7 Å². The third-order valence-electron chi connectivity index (χ3n) is 3.92. The molecule has 2 aromatic carbocycles. The first-order chi connectivity index (χ1) is 12.5. The van der Waals surface area contributed by atoms with Gasteiger partial charge in [-0.15, -0.1) is 0 Å². The van der Waals surface area contributed by atoms with Gasteiger partial charge in [-0.25, -0.2) is 9.97 Å². The number of nitrogens with one attached hydrogen (secondary N) is 2. The van der Waals surface area contributed by atoms with Crippen LogP contribution in [-0.2, 0) is 0 Å². The second-order valence-electron chi connectivity index (χ2n) is 5.83. The minimum absolute atomic E-state index is 0.259. The van der Waals surface area contributed by atoms with Gasteiger partial charge < -0.3 is 10.6 Å². The summed E-state index contributed by atoms with van der Waals surface area (Å²) in [4.78, 5) is 20.8. The molecular weight excluding hydrogens is 326 g/mol. The molecule has 3 rings (SSSR count). The molecule has 128 valence electrons. The third-order valence-corrected chi connectivity index (χ3v) is 3.92. The lowest BCUT2D eigenvalue weighted by atomic mass is 10.1. The molecule has 1 aromatic heterocycles. The van der Waals surface area contributed by atoms with Crippen LogP contribution >= 0.6 is 0 Å². The zero-order valence-corrected chi connectivity index (χ0v) is 14.4. The molecule has 0 aliphatic heterocycles. The van der Waals surface area contributed by atoms with Gasteiger partial charge in [0, 0.05) is 17.6 Å². The summed E-state index contributed by atoms with van der Waals surface area (Å²) >= 11 is 0. The van der Waals surface area contributed by atoms with E-state index in [1.165, 1.54) is 11.8 Å². The molecule has 3 aromatic rings. The first-order valence-corrected chi connectivity index (χ1v) is 8.04. The van der Waals surface area contributed by atoms with Crippen LogP contribution in [0.3, 0.4) is 0 Å². The molecule has 0 saturated carbocycles. The number of benzene rings is 2. The molecule has 6 heteroatoms. The van der Waals surface area contributed by atoms with E-state index in [1.54, 1.807) is 30.3 Å². The smallest absolute Gasteiger partial charge is 0.274 e. The van der Waals surface area contributed by atoms with E-state index in [1.807, 2.05) is 32.0 Å². The van der Waals surface area contributed by atoms with E-state index in [2.05, 4.69) is 26.7 Å². The number of amides is 1. The summed E-state index contributed by atoms with van der Waals surface area (Å²) in [5, 5.41) is 14.7. The Morgan fingerprint density at radius 1 is 1.00 bits per heavy atom. The largest absolute Gasteiger partial charge is 0.324 e. The monoisotopic (exact) mass is 343 g/mol. The molecule has 0 spiro atoms. The predicted octanol–water partition coefficient (Wildman–Crippen LogP) is 3.96. The highest BCUT2D eigenvalue weighted by atomic mass is 16.1. The summed E-state index contributed by atoms with van der Waals surface area (Å²) in [7, 11) is 0. The number of hydrogen-bond acceptors (Lipinski definition) is 5. The number of carbonyl (C=O) groups excluding carboxylic acids is 1. The van der Waals surface area contributed by atoms with Gasteiger partial charge in [-0.2, -0.15) is 5.26 Å². The number of carbonyl (C=O) groups is 1. The molecule has 1 amide bonds. The minimum atomic E-state index is -0.307. The van der Waals surface area contributed by atoms with Crippen LogP contribution in [0, 0.1) is 25.2 Å². The quantitative estimate of drug-likeness (QED) is 0.748. The number of hydrogen-bond donors (Lipinski definition) is 2. The molecular formula is C20H17N5O. The summed E-state index contributed by atoms with van der Waals surface area (Å²) in [5.74, 6) is 0.000904. The van der Waals surface area contributed by atoms with E-state index in [0.717, 1.165) is 16.9 Å². The molecule has 6 nitrogen and oxygen atoms in total. The van der Waals surface area contributed by atoms with Gasteiger partial charge in [0.25, 0.3) is 5.91 Å². The maximum atomic E-state index is 12.4. The van der Waals surface area contributed by atoms with Gasteiger partial charge in [-0.3, -0.25) is 4.79 Å². The normalized spacial score (nSPS) is 10.0. The number of nitriles is 1. The van der Waals surface area contributed by atoms with E-state index < -0.39 is 0 Å². The highest BCUT2D eigenvalue weighted by molar-refractivity contribution is 6.03. The average Bonchev–Trinajstić information content (AvgIpc) is 2.65. The summed E-state index contributed by atoms with van der Waals surface area (Å²) in [6.45, 7) is 4.02. The zero-order chi connectivity index (χ0) is 18.5. The van der Waals surface area contributed by atoms with E-state index in [0.29, 0.717) is 11.5 Å². The Balaban J connectivity index is 1.74. The molecule has 0 bridgehead atoms. The third kappa shape index (κ3) is 4.02. The molecule has 1 heterocycles. The standard InChI is InChI=1S/C20H17N5O/c1-13-3-6-17(11-14(13)2)23-19(26)18-9-10-22-20(25-18)24-16-7-4-15(12-21)5-8-16/h3-11H,1-2H3,(H,23,26)(H,22,24,25). The van der Waals surface area contributed by atoms with Crippen LogP contribution in [-0.4, -0.2) is 15.9 Å². The van der Waals surface area contributed by atoms with Crippen molar-refractivity contribution in [1.82, 2.24) is 9.97 Å². The van der Waals surface area contributed by atoms with Crippen molar-refractivity contribution >= 4 is 23.2 Å². The number of nitrogens with zero attached hydrogens (tertiary/aromatic N) is 3. The van der Waals surface area contributed by atoms with Crippen molar-refractivity contribution in [3.63, 3.8) is 0 Å². The van der Waals surface area contributed by atoms with Crippen LogP contribution in [0.1, 0.15) is 27.2 Å². The Morgan fingerprint density at radius 3 is 2.42 bits per heavy atom. The number of rotatable bonds is 4. The highest BCUT2D eigenvalue weighted by Crippen LogP contribution is 2.16. The van der Waals surface area contributed by atoms with Crippen LogP contribution in [0.2, 0.25) is 0 Å². The molecule has 0 aliphatic rings. The number of aryl methyl sites for hydroxylation is 2. The van der Waals surface area contributed by atoms with Gasteiger partial charge in [0.15, 0.2) is 0 Å². The molecule has 0 saturated heterocycles. The first kappa shape index (κ1) is 17.1. The zero-order valence-electron chi connectivity index (χ0n) is 14.4. The summed E-state index contributed by atoms with van der Waals surface area (Å²) in [5.41, 5.74) is 4.55. The van der Waals surface area contributed by atoms with Gasteiger partial charge in [-0.1, -0.05) is 6.07 Å². The van der Waals surface area contributed by atoms with Gasteiger partial charge >= 0.3 is 0 Å². The summed E-state index contributed by atoms with van der Waals surface area (Å²) in [6, 6.07) is 16.3. The second kappa shape index (κ2) is 7.45. The van der Waals surface area contributed by atoms with Crippen molar-refractivity contribution in [2.75, 3.05) is 10.6 Å². The van der Waals surface area contributed by atoms with Crippen molar-refractivity contribution in [3.8, 4) is 6.07 Å². The van der Waals surface area contributed by atoms with Crippen molar-refractivity contribution in [1.29, 1.82) is 5.26 Å². The molecule has 0 atom stereocenters. The Bertz CT molecular complexity index is 990. The second-order valence-corrected chi connectivity index (χ2v) is 5.83.